The molecule has 7 nitrogen and oxygen atoms in total. The van der Waals surface area contributed by atoms with Crippen LogP contribution in [0, 0.1) is 6.92 Å². The Kier molecular flexibility index (Phi) is 3.94. The van der Waals surface area contributed by atoms with Gasteiger partial charge >= 0.3 is 5.63 Å². The summed E-state index contributed by atoms with van der Waals surface area (Å²) < 4.78 is 5.17. The average Bonchev–Trinajstić information content (AvgIpc) is 2.99. The average molecular weight is 313 g/mol. The number of aryl methyl sites for hydroxylation is 1. The first-order valence-electron chi connectivity index (χ1n) is 7.18. The maximum atomic E-state index is 12.2. The summed E-state index contributed by atoms with van der Waals surface area (Å²) in [4.78, 5) is 30.5. The standard InChI is InChI=1S/C16H16N4O3/c1-9-4-15(21)23-14-6-10(2-3-12(9)14)20-16(22)13(17)5-11-7-18-8-19-11/h2-4,6-8,13H,5,17H2,1H3,(H,18,19)(H,20,22)/p+1/t13-/m0/s1. The summed E-state index contributed by atoms with van der Waals surface area (Å²) in [6.45, 7) is 1.84. The minimum Gasteiger partial charge on any atom is -0.423 e. The van der Waals surface area contributed by atoms with E-state index in [1.807, 2.05) is 13.0 Å². The van der Waals surface area contributed by atoms with Crippen LogP contribution in [0.15, 0.2) is 46.0 Å². The molecule has 0 saturated heterocycles. The predicted molar refractivity (Wildman–Crippen MR) is 84.8 cm³/mol. The molecule has 0 bridgehead atoms. The molecule has 0 spiro atoms. The number of hydrogen-bond acceptors (Lipinski definition) is 4. The number of aromatic amines is 1. The molecular formula is C16H17N4O3+. The zero-order chi connectivity index (χ0) is 16.4. The van der Waals surface area contributed by atoms with Gasteiger partial charge in [0, 0.05) is 35.1 Å². The molecule has 5 N–H and O–H groups in total. The minimum atomic E-state index is -0.462. The number of nitrogens with zero attached hydrogens (tertiary/aromatic N) is 1. The normalized spacial score (nSPS) is 12.3. The van der Waals surface area contributed by atoms with Gasteiger partial charge in [0.15, 0.2) is 6.04 Å². The Morgan fingerprint density at radius 3 is 3.00 bits per heavy atom. The number of H-pyrrole nitrogens is 1. The third-order valence-electron chi connectivity index (χ3n) is 3.61. The molecule has 23 heavy (non-hydrogen) atoms. The molecule has 0 unspecified atom stereocenters. The summed E-state index contributed by atoms with van der Waals surface area (Å²) in [5, 5.41) is 3.63. The van der Waals surface area contributed by atoms with E-state index in [2.05, 4.69) is 21.0 Å². The Balaban J connectivity index is 1.78. The maximum Gasteiger partial charge on any atom is 0.336 e. The number of benzene rings is 1. The van der Waals surface area contributed by atoms with E-state index in [1.54, 1.807) is 24.7 Å². The smallest absolute Gasteiger partial charge is 0.336 e. The molecule has 0 aliphatic heterocycles. The fraction of sp³-hybridized carbons (Fsp3) is 0.188. The van der Waals surface area contributed by atoms with E-state index in [0.29, 0.717) is 17.7 Å². The zero-order valence-corrected chi connectivity index (χ0v) is 12.6. The molecule has 1 atom stereocenters. The molecule has 3 aromatic rings. The second-order valence-corrected chi connectivity index (χ2v) is 5.43. The Labute approximate surface area is 131 Å². The first-order valence-corrected chi connectivity index (χ1v) is 7.18. The number of anilines is 1. The second kappa shape index (κ2) is 6.05. The number of hydrogen-bond donors (Lipinski definition) is 3. The molecule has 7 heteroatoms. The summed E-state index contributed by atoms with van der Waals surface area (Å²) in [6.07, 6.45) is 3.69. The highest BCUT2D eigenvalue weighted by Gasteiger charge is 2.19. The van der Waals surface area contributed by atoms with Gasteiger partial charge in [-0.25, -0.2) is 9.78 Å². The molecular weight excluding hydrogens is 296 g/mol. The Bertz CT molecular complexity index is 899. The van der Waals surface area contributed by atoms with Gasteiger partial charge in [0.05, 0.1) is 12.7 Å². The van der Waals surface area contributed by atoms with Crippen LogP contribution in [-0.2, 0) is 11.2 Å². The van der Waals surface area contributed by atoms with Crippen molar-refractivity contribution in [2.75, 3.05) is 5.32 Å². The molecule has 0 saturated carbocycles. The van der Waals surface area contributed by atoms with Crippen LogP contribution in [0.2, 0.25) is 0 Å². The van der Waals surface area contributed by atoms with Crippen molar-refractivity contribution in [1.82, 2.24) is 9.97 Å². The Morgan fingerprint density at radius 2 is 2.26 bits per heavy atom. The summed E-state index contributed by atoms with van der Waals surface area (Å²) in [5.41, 5.74) is 6.15. The Hall–Kier alpha value is -2.93. The van der Waals surface area contributed by atoms with Crippen molar-refractivity contribution in [3.05, 3.63) is 58.5 Å². The predicted octanol–water partition coefficient (Wildman–Crippen LogP) is 0.616. The zero-order valence-electron chi connectivity index (χ0n) is 12.6. The number of rotatable bonds is 4. The van der Waals surface area contributed by atoms with E-state index in [1.165, 1.54) is 6.07 Å². The molecule has 0 fully saturated rings. The number of imidazole rings is 1. The van der Waals surface area contributed by atoms with Crippen LogP contribution in [0.5, 0.6) is 0 Å². The van der Waals surface area contributed by atoms with Gasteiger partial charge in [-0.05, 0) is 24.6 Å². The van der Waals surface area contributed by atoms with Gasteiger partial charge in [-0.1, -0.05) is 0 Å². The van der Waals surface area contributed by atoms with Crippen molar-refractivity contribution in [2.24, 2.45) is 0 Å². The third-order valence-corrected chi connectivity index (χ3v) is 3.61. The Morgan fingerprint density at radius 1 is 1.43 bits per heavy atom. The quantitative estimate of drug-likeness (QED) is 0.612. The molecule has 118 valence electrons. The fourth-order valence-electron chi connectivity index (χ4n) is 2.40. The highest BCUT2D eigenvalue weighted by Crippen LogP contribution is 2.20. The van der Waals surface area contributed by atoms with Crippen molar-refractivity contribution >= 4 is 22.6 Å². The number of carbonyl (C=O) groups is 1. The van der Waals surface area contributed by atoms with Crippen LogP contribution in [0.25, 0.3) is 11.0 Å². The van der Waals surface area contributed by atoms with Crippen LogP contribution in [0.3, 0.4) is 0 Å². The number of carbonyl (C=O) groups excluding carboxylic acids is 1. The van der Waals surface area contributed by atoms with E-state index in [4.69, 9.17) is 4.42 Å². The lowest BCUT2D eigenvalue weighted by Crippen LogP contribution is -2.67. The van der Waals surface area contributed by atoms with E-state index in [0.717, 1.165) is 16.6 Å². The minimum absolute atomic E-state index is 0.214. The number of amides is 1. The van der Waals surface area contributed by atoms with E-state index >= 15 is 0 Å². The van der Waals surface area contributed by atoms with Crippen molar-refractivity contribution in [3.63, 3.8) is 0 Å². The summed E-state index contributed by atoms with van der Waals surface area (Å²) in [6, 6.07) is 6.21. The molecule has 2 heterocycles. The van der Waals surface area contributed by atoms with Gasteiger partial charge in [0.1, 0.15) is 5.58 Å². The molecule has 0 radical (unpaired) electrons. The lowest BCUT2D eigenvalue weighted by molar-refractivity contribution is -0.402. The summed E-state index contributed by atoms with van der Waals surface area (Å²) in [5.74, 6) is -0.214. The van der Waals surface area contributed by atoms with Crippen molar-refractivity contribution in [1.29, 1.82) is 0 Å². The van der Waals surface area contributed by atoms with E-state index in [-0.39, 0.29) is 5.91 Å². The van der Waals surface area contributed by atoms with Gasteiger partial charge in [-0.2, -0.15) is 0 Å². The van der Waals surface area contributed by atoms with Gasteiger partial charge < -0.3 is 20.5 Å². The molecule has 0 aliphatic rings. The number of nitrogens with one attached hydrogen (secondary N) is 2. The SMILES string of the molecule is Cc1cc(=O)oc2cc(NC(=O)[C@@H]([NH3+])Cc3cnc[nH]3)ccc12. The van der Waals surface area contributed by atoms with Crippen LogP contribution in [0.1, 0.15) is 11.3 Å². The molecule has 1 amide bonds. The van der Waals surface area contributed by atoms with Gasteiger partial charge in [0.2, 0.25) is 0 Å². The molecule has 1 aromatic carbocycles. The van der Waals surface area contributed by atoms with Crippen LogP contribution in [-0.4, -0.2) is 21.9 Å². The van der Waals surface area contributed by atoms with Gasteiger partial charge in [0.25, 0.3) is 5.91 Å². The van der Waals surface area contributed by atoms with Crippen molar-refractivity contribution in [3.8, 4) is 0 Å². The van der Waals surface area contributed by atoms with Gasteiger partial charge in [-0.15, -0.1) is 0 Å². The second-order valence-electron chi connectivity index (χ2n) is 5.43. The lowest BCUT2D eigenvalue weighted by atomic mass is 10.1. The summed E-state index contributed by atoms with van der Waals surface area (Å²) in [7, 11) is 0. The largest absolute Gasteiger partial charge is 0.423 e. The fourth-order valence-corrected chi connectivity index (χ4v) is 2.40. The number of fused-ring (bicyclic) bond motifs is 1. The first kappa shape index (κ1) is 15.0. The van der Waals surface area contributed by atoms with E-state index < -0.39 is 11.7 Å². The molecule has 2 aromatic heterocycles. The topological polar surface area (TPSA) is 116 Å². The van der Waals surface area contributed by atoms with Crippen molar-refractivity contribution in [2.45, 2.75) is 19.4 Å². The van der Waals surface area contributed by atoms with Gasteiger partial charge in [-0.3, -0.25) is 4.79 Å². The first-order chi connectivity index (χ1) is 11.0. The molecule has 0 aliphatic carbocycles. The summed E-state index contributed by atoms with van der Waals surface area (Å²) >= 11 is 0. The van der Waals surface area contributed by atoms with Crippen LogP contribution >= 0.6 is 0 Å². The lowest BCUT2D eigenvalue weighted by Gasteiger charge is -2.09. The van der Waals surface area contributed by atoms with E-state index in [9.17, 15) is 9.59 Å². The van der Waals surface area contributed by atoms with Crippen LogP contribution in [0.4, 0.5) is 5.69 Å². The highest BCUT2D eigenvalue weighted by atomic mass is 16.4. The highest BCUT2D eigenvalue weighted by molar-refractivity contribution is 5.96. The number of aromatic nitrogens is 2. The number of quaternary nitrogens is 1. The maximum absolute atomic E-state index is 12.2. The van der Waals surface area contributed by atoms with Crippen molar-refractivity contribution < 1.29 is 14.9 Å². The molecule has 3 rings (SSSR count). The van der Waals surface area contributed by atoms with Crippen LogP contribution < -0.4 is 16.7 Å². The monoisotopic (exact) mass is 313 g/mol. The third kappa shape index (κ3) is 3.29.